The highest BCUT2D eigenvalue weighted by molar-refractivity contribution is 9.10. The van der Waals surface area contributed by atoms with Crippen LogP contribution < -0.4 is 5.32 Å². The van der Waals surface area contributed by atoms with Crippen molar-refractivity contribution in [3.63, 3.8) is 0 Å². The maximum atomic E-state index is 12.0. The van der Waals surface area contributed by atoms with Crippen LogP contribution in [0.5, 0.6) is 0 Å². The molecule has 0 unspecified atom stereocenters. The van der Waals surface area contributed by atoms with E-state index in [4.69, 9.17) is 16.0 Å². The average molecular weight is 452 g/mol. The van der Waals surface area contributed by atoms with Gasteiger partial charge in [-0.25, -0.2) is 0 Å². The third-order valence-corrected chi connectivity index (χ3v) is 4.39. The van der Waals surface area contributed by atoms with Crippen molar-refractivity contribution in [2.45, 2.75) is 6.54 Å². The van der Waals surface area contributed by atoms with Crippen LogP contribution in [0.15, 0.2) is 57.6 Å². The van der Waals surface area contributed by atoms with E-state index in [0.29, 0.717) is 21.9 Å². The second kappa shape index (κ2) is 8.19. The molecule has 0 aliphatic rings. The summed E-state index contributed by atoms with van der Waals surface area (Å²) in [6.45, 7) is 0.444. The van der Waals surface area contributed by atoms with E-state index >= 15 is 0 Å². The number of hydrogen-bond acceptors (Lipinski definition) is 5. The second-order valence-corrected chi connectivity index (χ2v) is 6.63. The van der Waals surface area contributed by atoms with Crippen molar-refractivity contribution in [1.29, 1.82) is 0 Å². The van der Waals surface area contributed by atoms with Crippen molar-refractivity contribution in [2.75, 3.05) is 5.32 Å². The number of carbonyl (C=O) groups excluding carboxylic acids is 1. The molecule has 2 aromatic heterocycles. The summed E-state index contributed by atoms with van der Waals surface area (Å²) in [5.41, 5.74) is 0.895. The molecule has 0 fully saturated rings. The van der Waals surface area contributed by atoms with E-state index in [1.54, 1.807) is 16.9 Å². The molecule has 0 saturated heterocycles. The van der Waals surface area contributed by atoms with E-state index in [1.165, 1.54) is 24.3 Å². The number of aromatic nitrogens is 2. The Kier molecular flexibility index (Phi) is 5.72. The van der Waals surface area contributed by atoms with Crippen molar-refractivity contribution in [2.24, 2.45) is 0 Å². The molecule has 0 radical (unpaired) electrons. The maximum absolute atomic E-state index is 12.0. The number of furan rings is 1. The minimum Gasteiger partial charge on any atom is -0.401 e. The normalized spacial score (nSPS) is 11.0. The van der Waals surface area contributed by atoms with Gasteiger partial charge in [-0.3, -0.25) is 19.6 Å². The molecule has 0 aliphatic heterocycles. The largest absolute Gasteiger partial charge is 0.433 e. The molecule has 0 aliphatic carbocycles. The average Bonchev–Trinajstić information content (AvgIpc) is 3.22. The molecule has 1 aromatic carbocycles. The number of nitrogens with one attached hydrogen (secondary N) is 1. The molecule has 2 heterocycles. The Hall–Kier alpha value is -2.91. The van der Waals surface area contributed by atoms with E-state index < -0.39 is 16.7 Å². The zero-order chi connectivity index (χ0) is 19.4. The number of halogens is 2. The molecule has 0 saturated carbocycles. The third-order valence-electron chi connectivity index (χ3n) is 3.44. The summed E-state index contributed by atoms with van der Waals surface area (Å²) in [7, 11) is 0. The summed E-state index contributed by atoms with van der Waals surface area (Å²) in [4.78, 5) is 22.0. The first-order valence-corrected chi connectivity index (χ1v) is 8.79. The fourth-order valence-electron chi connectivity index (χ4n) is 2.21. The molecule has 1 amide bonds. The third kappa shape index (κ3) is 4.83. The van der Waals surface area contributed by atoms with Gasteiger partial charge in [0.25, 0.3) is 0 Å². The number of hydrogen-bond donors (Lipinski definition) is 1. The van der Waals surface area contributed by atoms with Gasteiger partial charge in [0.05, 0.1) is 17.1 Å². The standard InChI is InChI=1S/C17H12BrClN4O4/c18-13-10-22(9-11-3-1-2-4-14(11)19)21-17(13)20-15(24)7-5-12-6-8-16(27-12)23(25)26/h1-8,10H,9H2,(H,20,21,24)/b7-5+. The molecule has 0 bridgehead atoms. The van der Waals surface area contributed by atoms with Crippen LogP contribution in [-0.4, -0.2) is 20.6 Å². The van der Waals surface area contributed by atoms with Gasteiger partial charge < -0.3 is 9.73 Å². The summed E-state index contributed by atoms with van der Waals surface area (Å²) >= 11 is 9.49. The fourth-order valence-corrected chi connectivity index (χ4v) is 2.82. The van der Waals surface area contributed by atoms with Gasteiger partial charge in [0, 0.05) is 17.3 Å². The Balaban J connectivity index is 1.65. The summed E-state index contributed by atoms with van der Waals surface area (Å²) in [5.74, 6) is -0.323. The number of anilines is 1. The van der Waals surface area contributed by atoms with Gasteiger partial charge in [-0.05, 0) is 39.7 Å². The molecule has 3 aromatic rings. The number of carbonyl (C=O) groups is 1. The van der Waals surface area contributed by atoms with Crippen molar-refractivity contribution in [3.05, 3.63) is 79.6 Å². The predicted octanol–water partition coefficient (Wildman–Crippen LogP) is 4.50. The number of rotatable bonds is 6. The molecule has 0 spiro atoms. The second-order valence-electron chi connectivity index (χ2n) is 5.37. The Bertz CT molecular complexity index is 1030. The van der Waals surface area contributed by atoms with E-state index in [1.807, 2.05) is 18.2 Å². The SMILES string of the molecule is O=C(/C=C/c1ccc([N+](=O)[O-])o1)Nc1nn(Cc2ccccc2Cl)cc1Br. The first-order chi connectivity index (χ1) is 12.9. The molecule has 1 N–H and O–H groups in total. The van der Waals surface area contributed by atoms with Crippen LogP contribution in [0.2, 0.25) is 5.02 Å². The van der Waals surface area contributed by atoms with Crippen LogP contribution in [0.3, 0.4) is 0 Å². The summed E-state index contributed by atoms with van der Waals surface area (Å²) in [5, 5.41) is 18.1. The highest BCUT2D eigenvalue weighted by Crippen LogP contribution is 2.23. The molecule has 0 atom stereocenters. The number of amides is 1. The smallest absolute Gasteiger partial charge is 0.401 e. The first kappa shape index (κ1) is 18.9. The molecule has 3 rings (SSSR count). The molecular weight excluding hydrogens is 440 g/mol. The monoisotopic (exact) mass is 450 g/mol. The van der Waals surface area contributed by atoms with Gasteiger partial charge in [0.15, 0.2) is 5.82 Å². The number of nitro groups is 1. The number of nitrogens with zero attached hydrogens (tertiary/aromatic N) is 3. The van der Waals surface area contributed by atoms with Crippen LogP contribution in [-0.2, 0) is 11.3 Å². The Labute approximate surface area is 166 Å². The maximum Gasteiger partial charge on any atom is 0.433 e. The van der Waals surface area contributed by atoms with E-state index in [9.17, 15) is 14.9 Å². The van der Waals surface area contributed by atoms with Gasteiger partial charge >= 0.3 is 5.88 Å². The zero-order valence-corrected chi connectivity index (χ0v) is 16.0. The van der Waals surface area contributed by atoms with Crippen LogP contribution in [0.1, 0.15) is 11.3 Å². The van der Waals surface area contributed by atoms with E-state index in [2.05, 4.69) is 26.3 Å². The van der Waals surface area contributed by atoms with Crippen LogP contribution in [0.4, 0.5) is 11.7 Å². The van der Waals surface area contributed by atoms with Crippen LogP contribution in [0, 0.1) is 10.1 Å². The van der Waals surface area contributed by atoms with Crippen molar-refractivity contribution < 1.29 is 14.1 Å². The lowest BCUT2D eigenvalue weighted by Gasteiger charge is -2.03. The predicted molar refractivity (Wildman–Crippen MR) is 104 cm³/mol. The minimum absolute atomic E-state index is 0.195. The topological polar surface area (TPSA) is 103 Å². The van der Waals surface area contributed by atoms with E-state index in [-0.39, 0.29) is 5.76 Å². The van der Waals surface area contributed by atoms with Crippen molar-refractivity contribution in [3.8, 4) is 0 Å². The molecule has 8 nitrogen and oxygen atoms in total. The lowest BCUT2D eigenvalue weighted by Crippen LogP contribution is -2.09. The fraction of sp³-hybridized carbons (Fsp3) is 0.0588. The Morgan fingerprint density at radius 3 is 2.85 bits per heavy atom. The van der Waals surface area contributed by atoms with Gasteiger partial charge in [0.2, 0.25) is 5.91 Å². The number of benzene rings is 1. The molecular formula is C17H12BrClN4O4. The van der Waals surface area contributed by atoms with Gasteiger partial charge in [0.1, 0.15) is 10.7 Å². The highest BCUT2D eigenvalue weighted by atomic mass is 79.9. The Morgan fingerprint density at radius 1 is 1.37 bits per heavy atom. The quantitative estimate of drug-likeness (QED) is 0.338. The van der Waals surface area contributed by atoms with Crippen LogP contribution >= 0.6 is 27.5 Å². The summed E-state index contributed by atoms with van der Waals surface area (Å²) in [6.07, 6.45) is 4.25. The lowest BCUT2D eigenvalue weighted by molar-refractivity contribution is -0.402. The molecule has 138 valence electrons. The van der Waals surface area contributed by atoms with Crippen molar-refractivity contribution >= 4 is 51.2 Å². The molecule has 10 heteroatoms. The summed E-state index contributed by atoms with van der Waals surface area (Å²) in [6, 6.07) is 10.0. The van der Waals surface area contributed by atoms with Gasteiger partial charge in [-0.2, -0.15) is 5.10 Å². The van der Waals surface area contributed by atoms with Crippen LogP contribution in [0.25, 0.3) is 6.08 Å². The Morgan fingerprint density at radius 2 is 2.15 bits per heavy atom. The highest BCUT2D eigenvalue weighted by Gasteiger charge is 2.12. The lowest BCUT2D eigenvalue weighted by atomic mass is 10.2. The van der Waals surface area contributed by atoms with Crippen molar-refractivity contribution in [1.82, 2.24) is 9.78 Å². The van der Waals surface area contributed by atoms with Gasteiger partial charge in [-0.1, -0.05) is 29.8 Å². The van der Waals surface area contributed by atoms with E-state index in [0.717, 1.165) is 5.56 Å². The minimum atomic E-state index is -0.653. The van der Waals surface area contributed by atoms with Gasteiger partial charge in [-0.15, -0.1) is 0 Å². The molecule has 27 heavy (non-hydrogen) atoms. The first-order valence-electron chi connectivity index (χ1n) is 7.62. The summed E-state index contributed by atoms with van der Waals surface area (Å²) < 4.78 is 7.18. The zero-order valence-electron chi connectivity index (χ0n) is 13.6.